The number of pyridine rings is 1. The van der Waals surface area contributed by atoms with Crippen LogP contribution in [0.4, 0.5) is 0 Å². The Bertz CT molecular complexity index is 350. The number of aromatic hydroxyl groups is 1. The molecule has 1 atom stereocenters. The normalized spacial score (nSPS) is 12.5. The van der Waals surface area contributed by atoms with Crippen LogP contribution in [0.2, 0.25) is 0 Å². The van der Waals surface area contributed by atoms with Crippen LogP contribution in [0.25, 0.3) is 0 Å². The monoisotopic (exact) mass is 208 g/mol. The summed E-state index contributed by atoms with van der Waals surface area (Å²) in [5, 5.41) is 12.2. The summed E-state index contributed by atoms with van der Waals surface area (Å²) in [6.45, 7) is 5.98. The van der Waals surface area contributed by atoms with Gasteiger partial charge in [-0.1, -0.05) is 13.8 Å². The maximum absolute atomic E-state index is 11.7. The number of hydrogen-bond acceptors (Lipinski definition) is 3. The van der Waals surface area contributed by atoms with Crippen LogP contribution in [0, 0.1) is 5.92 Å². The predicted molar refractivity (Wildman–Crippen MR) is 57.7 cm³/mol. The molecule has 0 bridgehead atoms. The summed E-state index contributed by atoms with van der Waals surface area (Å²) in [4.78, 5) is 15.4. The third-order valence-corrected chi connectivity index (χ3v) is 2.40. The van der Waals surface area contributed by atoms with Gasteiger partial charge in [-0.05, 0) is 18.9 Å². The van der Waals surface area contributed by atoms with Crippen LogP contribution >= 0.6 is 0 Å². The lowest BCUT2D eigenvalue weighted by molar-refractivity contribution is 0.0927. The topological polar surface area (TPSA) is 62.2 Å². The first kappa shape index (κ1) is 11.5. The van der Waals surface area contributed by atoms with Crippen LogP contribution < -0.4 is 5.32 Å². The number of rotatable bonds is 3. The van der Waals surface area contributed by atoms with Crippen LogP contribution in [0.5, 0.6) is 5.75 Å². The Balaban J connectivity index is 2.74. The molecule has 1 rings (SSSR count). The molecule has 0 saturated heterocycles. The number of aromatic nitrogens is 1. The van der Waals surface area contributed by atoms with Gasteiger partial charge in [0.15, 0.2) is 0 Å². The van der Waals surface area contributed by atoms with Crippen LogP contribution in [0.1, 0.15) is 31.1 Å². The smallest absolute Gasteiger partial charge is 0.255 e. The number of amides is 1. The van der Waals surface area contributed by atoms with E-state index >= 15 is 0 Å². The van der Waals surface area contributed by atoms with Gasteiger partial charge in [0.1, 0.15) is 5.75 Å². The van der Waals surface area contributed by atoms with Gasteiger partial charge in [0, 0.05) is 12.2 Å². The van der Waals surface area contributed by atoms with Gasteiger partial charge < -0.3 is 10.4 Å². The minimum atomic E-state index is -0.267. The molecule has 0 radical (unpaired) electrons. The molecule has 1 unspecified atom stereocenters. The molecule has 2 N–H and O–H groups in total. The Hall–Kier alpha value is -1.58. The van der Waals surface area contributed by atoms with Gasteiger partial charge >= 0.3 is 0 Å². The lowest BCUT2D eigenvalue weighted by Gasteiger charge is -2.17. The summed E-state index contributed by atoms with van der Waals surface area (Å²) in [5.74, 6) is -0.0000128. The Labute approximate surface area is 89.3 Å². The van der Waals surface area contributed by atoms with Crippen molar-refractivity contribution in [1.29, 1.82) is 0 Å². The highest BCUT2D eigenvalue weighted by molar-refractivity contribution is 5.96. The molecule has 0 aliphatic rings. The summed E-state index contributed by atoms with van der Waals surface area (Å²) in [5.41, 5.74) is 0.262. The van der Waals surface area contributed by atoms with Gasteiger partial charge in [-0.15, -0.1) is 0 Å². The molecule has 0 fully saturated rings. The van der Waals surface area contributed by atoms with Gasteiger partial charge in [-0.2, -0.15) is 0 Å². The van der Waals surface area contributed by atoms with Crippen molar-refractivity contribution >= 4 is 5.91 Å². The first-order valence-electron chi connectivity index (χ1n) is 4.96. The SMILES string of the molecule is CC(C)C(C)NC(=O)c1ccncc1O. The Morgan fingerprint density at radius 1 is 1.47 bits per heavy atom. The first-order valence-corrected chi connectivity index (χ1v) is 4.96. The third-order valence-electron chi connectivity index (χ3n) is 2.40. The van der Waals surface area contributed by atoms with E-state index in [9.17, 15) is 9.90 Å². The number of carbonyl (C=O) groups excluding carboxylic acids is 1. The second-order valence-electron chi connectivity index (χ2n) is 3.90. The highest BCUT2D eigenvalue weighted by Gasteiger charge is 2.14. The van der Waals surface area contributed by atoms with Crippen molar-refractivity contribution in [2.75, 3.05) is 0 Å². The maximum atomic E-state index is 11.7. The van der Waals surface area contributed by atoms with E-state index in [2.05, 4.69) is 10.3 Å². The number of hydrogen-bond donors (Lipinski definition) is 2. The van der Waals surface area contributed by atoms with E-state index in [1.54, 1.807) is 0 Å². The summed E-state index contributed by atoms with van der Waals surface area (Å²) in [6, 6.07) is 1.57. The molecule has 82 valence electrons. The van der Waals surface area contributed by atoms with E-state index in [1.165, 1.54) is 18.5 Å². The molecular weight excluding hydrogens is 192 g/mol. The Morgan fingerprint density at radius 2 is 2.13 bits per heavy atom. The van der Waals surface area contributed by atoms with Gasteiger partial charge in [-0.25, -0.2) is 0 Å². The molecule has 4 nitrogen and oxygen atoms in total. The lowest BCUT2D eigenvalue weighted by Crippen LogP contribution is -2.36. The lowest BCUT2D eigenvalue weighted by atomic mass is 10.1. The van der Waals surface area contributed by atoms with E-state index in [0.717, 1.165) is 0 Å². The molecule has 1 aromatic rings. The van der Waals surface area contributed by atoms with Gasteiger partial charge in [-0.3, -0.25) is 9.78 Å². The second-order valence-corrected chi connectivity index (χ2v) is 3.90. The molecule has 1 amide bonds. The fraction of sp³-hybridized carbons (Fsp3) is 0.455. The molecule has 0 aliphatic heterocycles. The number of nitrogens with zero attached hydrogens (tertiary/aromatic N) is 1. The van der Waals surface area contributed by atoms with Crippen molar-refractivity contribution < 1.29 is 9.90 Å². The second kappa shape index (κ2) is 4.77. The quantitative estimate of drug-likeness (QED) is 0.792. The van der Waals surface area contributed by atoms with Crippen molar-refractivity contribution in [3.63, 3.8) is 0 Å². The molecule has 0 saturated carbocycles. The number of nitrogens with one attached hydrogen (secondary N) is 1. The van der Waals surface area contributed by atoms with Crippen LogP contribution in [-0.2, 0) is 0 Å². The van der Waals surface area contributed by atoms with E-state index in [1.807, 2.05) is 20.8 Å². The van der Waals surface area contributed by atoms with E-state index in [4.69, 9.17) is 0 Å². The summed E-state index contributed by atoms with van der Waals surface area (Å²) in [7, 11) is 0. The minimum absolute atomic E-state index is 0.0741. The van der Waals surface area contributed by atoms with Gasteiger partial charge in [0.25, 0.3) is 5.91 Å². The van der Waals surface area contributed by atoms with Crippen LogP contribution in [0.3, 0.4) is 0 Å². The zero-order valence-electron chi connectivity index (χ0n) is 9.19. The highest BCUT2D eigenvalue weighted by Crippen LogP contribution is 2.14. The molecule has 4 heteroatoms. The standard InChI is InChI=1S/C11H16N2O2/c1-7(2)8(3)13-11(15)9-4-5-12-6-10(9)14/h4-8,14H,1-3H3,(H,13,15). The van der Waals surface area contributed by atoms with Gasteiger partial charge in [0.05, 0.1) is 11.8 Å². The van der Waals surface area contributed by atoms with E-state index in [-0.39, 0.29) is 23.3 Å². The molecule has 15 heavy (non-hydrogen) atoms. The van der Waals surface area contributed by atoms with Crippen molar-refractivity contribution in [3.8, 4) is 5.75 Å². The van der Waals surface area contributed by atoms with Crippen molar-refractivity contribution in [2.45, 2.75) is 26.8 Å². The maximum Gasteiger partial charge on any atom is 0.255 e. The van der Waals surface area contributed by atoms with Crippen molar-refractivity contribution in [3.05, 3.63) is 24.0 Å². The fourth-order valence-electron chi connectivity index (χ4n) is 1.03. The van der Waals surface area contributed by atoms with Crippen molar-refractivity contribution in [1.82, 2.24) is 10.3 Å². The molecular formula is C11H16N2O2. The van der Waals surface area contributed by atoms with Crippen molar-refractivity contribution in [2.24, 2.45) is 5.92 Å². The fourth-order valence-corrected chi connectivity index (χ4v) is 1.03. The predicted octanol–water partition coefficient (Wildman–Crippen LogP) is 1.56. The summed E-state index contributed by atoms with van der Waals surface area (Å²) in [6.07, 6.45) is 2.74. The van der Waals surface area contributed by atoms with E-state index in [0.29, 0.717) is 5.92 Å². The number of carbonyl (C=O) groups is 1. The zero-order chi connectivity index (χ0) is 11.4. The van der Waals surface area contributed by atoms with Gasteiger partial charge in [0.2, 0.25) is 0 Å². The zero-order valence-corrected chi connectivity index (χ0v) is 9.19. The Kier molecular flexibility index (Phi) is 3.66. The molecule has 0 aliphatic carbocycles. The van der Waals surface area contributed by atoms with E-state index < -0.39 is 0 Å². The molecule has 0 aromatic carbocycles. The Morgan fingerprint density at radius 3 is 2.67 bits per heavy atom. The summed E-state index contributed by atoms with van der Waals surface area (Å²) >= 11 is 0. The highest BCUT2D eigenvalue weighted by atomic mass is 16.3. The largest absolute Gasteiger partial charge is 0.505 e. The molecule has 1 aromatic heterocycles. The van der Waals surface area contributed by atoms with Crippen LogP contribution in [-0.4, -0.2) is 22.0 Å². The third kappa shape index (κ3) is 2.94. The van der Waals surface area contributed by atoms with Crippen LogP contribution in [0.15, 0.2) is 18.5 Å². The molecule has 0 spiro atoms. The first-order chi connectivity index (χ1) is 7.02. The molecule has 1 heterocycles. The summed E-state index contributed by atoms with van der Waals surface area (Å²) < 4.78 is 0. The average molecular weight is 208 g/mol. The minimum Gasteiger partial charge on any atom is -0.505 e. The average Bonchev–Trinajstić information content (AvgIpc) is 2.18.